The van der Waals surface area contributed by atoms with Gasteiger partial charge in [0, 0.05) is 0 Å². The summed E-state index contributed by atoms with van der Waals surface area (Å²) < 4.78 is 19.3. The van der Waals surface area contributed by atoms with E-state index in [-0.39, 0.29) is 40.5 Å². The van der Waals surface area contributed by atoms with Gasteiger partial charge in [-0.3, -0.25) is 0 Å². The summed E-state index contributed by atoms with van der Waals surface area (Å²) in [5.41, 5.74) is 0. The second-order valence-electron chi connectivity index (χ2n) is 4.70. The number of unbranched alkanes of at least 4 members (excludes halogenated alkanes) is 4. The maximum absolute atomic E-state index is 10.8. The molecule has 0 N–H and O–H groups in total. The standard InChI is InChI=1S/2C8H16O3P.Cd/c2*1-3-5-6-8-11-12(9)10-7-4-2;/h2*4H,2-3,5-8H2,1H3;/q2*-1;+2. The summed E-state index contributed by atoms with van der Waals surface area (Å²) >= 11 is 0. The zero-order valence-electron chi connectivity index (χ0n) is 15.7. The van der Waals surface area contributed by atoms with Crippen LogP contribution in [0.15, 0.2) is 25.3 Å². The van der Waals surface area contributed by atoms with Gasteiger partial charge >= 0.3 is 27.3 Å². The van der Waals surface area contributed by atoms with E-state index in [0.29, 0.717) is 13.2 Å². The average Bonchev–Trinajstić information content (AvgIpc) is 2.59. The molecule has 0 spiro atoms. The Kier molecular flexibility index (Phi) is 33.5. The van der Waals surface area contributed by atoms with E-state index in [4.69, 9.17) is 18.1 Å². The minimum Gasteiger partial charge on any atom is -0.786 e. The third kappa shape index (κ3) is 30.0. The SMILES string of the molecule is C=CCOP([O-])OCCCCC.C=CCOP([O-])OCCCCC.[Cd+2]. The van der Waals surface area contributed by atoms with E-state index in [1.54, 1.807) is 12.2 Å². The Balaban J connectivity index is -0.000000372. The molecule has 6 nitrogen and oxygen atoms in total. The van der Waals surface area contributed by atoms with E-state index in [2.05, 4.69) is 27.0 Å². The van der Waals surface area contributed by atoms with Crippen LogP contribution in [-0.2, 0) is 45.4 Å². The van der Waals surface area contributed by atoms with Gasteiger partial charge in [0.1, 0.15) is 0 Å². The molecule has 0 aliphatic heterocycles. The van der Waals surface area contributed by atoms with E-state index in [1.165, 1.54) is 0 Å². The summed E-state index contributed by atoms with van der Waals surface area (Å²) in [6.07, 6.45) is 9.44. The van der Waals surface area contributed by atoms with Gasteiger partial charge in [0.25, 0.3) is 0 Å². The predicted octanol–water partition coefficient (Wildman–Crippen LogP) is 3.96. The predicted molar refractivity (Wildman–Crippen MR) is 97.1 cm³/mol. The molecule has 0 aromatic carbocycles. The van der Waals surface area contributed by atoms with Crippen LogP contribution in [0.25, 0.3) is 0 Å². The Morgan fingerprint density at radius 1 is 0.720 bits per heavy atom. The molecule has 0 rings (SSSR count). The topological polar surface area (TPSA) is 83.0 Å². The molecule has 0 aromatic rings. The van der Waals surface area contributed by atoms with Crippen molar-refractivity contribution < 1.29 is 55.2 Å². The quantitative estimate of drug-likeness (QED) is 0.140. The first-order valence-electron chi connectivity index (χ1n) is 8.30. The minimum atomic E-state index is -1.92. The van der Waals surface area contributed by atoms with Crippen molar-refractivity contribution in [3.63, 3.8) is 0 Å². The molecular weight excluding hydrogens is 463 g/mol. The van der Waals surface area contributed by atoms with Crippen LogP contribution in [-0.4, -0.2) is 26.4 Å². The zero-order valence-corrected chi connectivity index (χ0v) is 21.5. The molecule has 0 heterocycles. The van der Waals surface area contributed by atoms with Gasteiger partial charge in [0.05, 0.1) is 43.6 Å². The summed E-state index contributed by atoms with van der Waals surface area (Å²) in [6.45, 7) is 12.7. The van der Waals surface area contributed by atoms with Crippen LogP contribution < -0.4 is 9.79 Å². The molecule has 0 fully saturated rings. The van der Waals surface area contributed by atoms with Gasteiger partial charge in [-0.1, -0.05) is 51.7 Å². The van der Waals surface area contributed by atoms with Gasteiger partial charge in [-0.25, -0.2) is 0 Å². The van der Waals surface area contributed by atoms with Gasteiger partial charge in [-0.15, -0.1) is 13.2 Å². The van der Waals surface area contributed by atoms with Crippen LogP contribution in [0.2, 0.25) is 0 Å². The van der Waals surface area contributed by atoms with Crippen molar-refractivity contribution >= 4 is 17.2 Å². The van der Waals surface area contributed by atoms with Crippen molar-refractivity contribution in [3.8, 4) is 0 Å². The maximum atomic E-state index is 10.8. The molecule has 9 heteroatoms. The molecule has 0 aliphatic rings. The first-order valence-corrected chi connectivity index (χ1v) is 10.5. The Hall–Kier alpha value is 1.02. The normalized spacial score (nSPS) is 12.3. The van der Waals surface area contributed by atoms with E-state index < -0.39 is 17.2 Å². The second-order valence-corrected chi connectivity index (χ2v) is 6.62. The van der Waals surface area contributed by atoms with Crippen LogP contribution in [0.1, 0.15) is 52.4 Å². The van der Waals surface area contributed by atoms with Gasteiger partial charge in [0.15, 0.2) is 0 Å². The maximum Gasteiger partial charge on any atom is 2.00 e. The molecule has 0 radical (unpaired) electrons. The van der Waals surface area contributed by atoms with Crippen molar-refractivity contribution in [2.45, 2.75) is 52.4 Å². The number of rotatable bonds is 16. The van der Waals surface area contributed by atoms with Crippen LogP contribution in [0, 0.1) is 0 Å². The third-order valence-corrected chi connectivity index (χ3v) is 3.99. The molecular formula is C16H32CdO6P2. The van der Waals surface area contributed by atoms with Crippen molar-refractivity contribution in [2.24, 2.45) is 0 Å². The Bertz CT molecular complexity index is 249. The van der Waals surface area contributed by atoms with Gasteiger partial charge in [-0.05, 0) is 12.8 Å². The van der Waals surface area contributed by atoms with E-state index in [0.717, 1.165) is 38.5 Å². The number of hydrogen-bond acceptors (Lipinski definition) is 6. The molecule has 144 valence electrons. The average molecular weight is 495 g/mol. The fourth-order valence-electron chi connectivity index (χ4n) is 1.28. The van der Waals surface area contributed by atoms with Gasteiger partial charge in [0.2, 0.25) is 0 Å². The smallest absolute Gasteiger partial charge is 0.786 e. The van der Waals surface area contributed by atoms with Crippen molar-refractivity contribution in [2.75, 3.05) is 26.4 Å². The summed E-state index contributed by atoms with van der Waals surface area (Å²) in [5.74, 6) is 0. The zero-order chi connectivity index (χ0) is 18.5. The van der Waals surface area contributed by atoms with Gasteiger partial charge in [-0.2, -0.15) is 0 Å². The summed E-state index contributed by atoms with van der Waals surface area (Å²) in [6, 6.07) is 0. The molecule has 0 saturated carbocycles. The van der Waals surface area contributed by atoms with E-state index in [1.807, 2.05) is 0 Å². The van der Waals surface area contributed by atoms with Crippen LogP contribution >= 0.6 is 17.2 Å². The molecule has 0 aromatic heterocycles. The molecule has 0 saturated heterocycles. The van der Waals surface area contributed by atoms with Gasteiger partial charge < -0.3 is 27.9 Å². The Morgan fingerprint density at radius 3 is 1.36 bits per heavy atom. The summed E-state index contributed by atoms with van der Waals surface area (Å²) in [5, 5.41) is 0. The van der Waals surface area contributed by atoms with Crippen LogP contribution in [0.5, 0.6) is 0 Å². The monoisotopic (exact) mass is 496 g/mol. The summed E-state index contributed by atoms with van der Waals surface area (Å²) in [7, 11) is -3.85. The number of hydrogen-bond donors (Lipinski definition) is 0. The fraction of sp³-hybridized carbons (Fsp3) is 0.750. The Morgan fingerprint density at radius 2 is 1.08 bits per heavy atom. The van der Waals surface area contributed by atoms with Crippen LogP contribution in [0.3, 0.4) is 0 Å². The summed E-state index contributed by atoms with van der Waals surface area (Å²) in [4.78, 5) is 21.6. The first-order chi connectivity index (χ1) is 11.6. The molecule has 2 atom stereocenters. The Labute approximate surface area is 176 Å². The molecule has 0 amide bonds. The fourth-order valence-corrected chi connectivity index (χ4v) is 2.44. The first kappa shape index (κ1) is 30.7. The van der Waals surface area contributed by atoms with E-state index >= 15 is 0 Å². The largest absolute Gasteiger partial charge is 2.00 e. The third-order valence-electron chi connectivity index (χ3n) is 2.48. The molecule has 2 unspecified atom stereocenters. The minimum absolute atomic E-state index is 0. The molecule has 0 aliphatic carbocycles. The van der Waals surface area contributed by atoms with Crippen LogP contribution in [0.4, 0.5) is 0 Å². The molecule has 25 heavy (non-hydrogen) atoms. The van der Waals surface area contributed by atoms with Crippen molar-refractivity contribution in [1.29, 1.82) is 0 Å². The second kappa shape index (κ2) is 27.2. The van der Waals surface area contributed by atoms with Crippen molar-refractivity contribution in [1.82, 2.24) is 0 Å². The molecule has 0 bridgehead atoms. The van der Waals surface area contributed by atoms with Crippen molar-refractivity contribution in [3.05, 3.63) is 25.3 Å². The van der Waals surface area contributed by atoms with E-state index in [9.17, 15) is 9.79 Å².